The van der Waals surface area contributed by atoms with Crippen molar-refractivity contribution < 1.29 is 13.2 Å². The summed E-state index contributed by atoms with van der Waals surface area (Å²) in [6.45, 7) is 1.91. The van der Waals surface area contributed by atoms with Crippen LogP contribution in [0.25, 0.3) is 0 Å². The number of hydrogen-bond acceptors (Lipinski definition) is 6. The summed E-state index contributed by atoms with van der Waals surface area (Å²) in [5, 5.41) is 3.96. The summed E-state index contributed by atoms with van der Waals surface area (Å²) < 4.78 is 27.1. The van der Waals surface area contributed by atoms with Crippen LogP contribution in [0.5, 0.6) is 0 Å². The van der Waals surface area contributed by atoms with Crippen molar-refractivity contribution in [2.24, 2.45) is 0 Å². The van der Waals surface area contributed by atoms with Gasteiger partial charge in [-0.05, 0) is 55.0 Å². The minimum Gasteiger partial charge on any atom is -0.396 e. The Morgan fingerprint density at radius 2 is 1.56 bits per heavy atom. The average molecular weight is 483 g/mol. The molecule has 0 aliphatic carbocycles. The van der Waals surface area contributed by atoms with Crippen molar-refractivity contribution >= 4 is 54.9 Å². The molecule has 0 atom stereocenters. The van der Waals surface area contributed by atoms with Gasteiger partial charge in [0.2, 0.25) is 15.6 Å². The number of rotatable bonds is 6. The van der Waals surface area contributed by atoms with E-state index in [0.717, 1.165) is 22.6 Å². The molecule has 4 rings (SSSR count). The van der Waals surface area contributed by atoms with Crippen LogP contribution < -0.4 is 11.1 Å². The number of nitrogens with one attached hydrogen (secondary N) is 1. The van der Waals surface area contributed by atoms with Crippen LogP contribution in [0, 0.1) is 6.92 Å². The number of nitrogens with two attached hydrogens (primary N) is 1. The zero-order chi connectivity index (χ0) is 22.9. The van der Waals surface area contributed by atoms with Gasteiger partial charge < -0.3 is 11.1 Å². The Hall–Kier alpha value is -3.13. The van der Waals surface area contributed by atoms with E-state index in [2.05, 4.69) is 5.32 Å². The second kappa shape index (κ2) is 8.78. The zero-order valence-electron chi connectivity index (χ0n) is 17.0. The van der Waals surface area contributed by atoms with E-state index < -0.39 is 9.84 Å². The van der Waals surface area contributed by atoms with E-state index in [4.69, 9.17) is 17.3 Å². The summed E-state index contributed by atoms with van der Waals surface area (Å²) in [4.78, 5) is 13.3. The van der Waals surface area contributed by atoms with Gasteiger partial charge in [-0.15, -0.1) is 11.3 Å². The summed E-state index contributed by atoms with van der Waals surface area (Å²) in [7, 11) is -3.99. The largest absolute Gasteiger partial charge is 0.396 e. The Bertz CT molecular complexity index is 1400. The third-order valence-electron chi connectivity index (χ3n) is 4.93. The smallest absolute Gasteiger partial charge is 0.211 e. The van der Waals surface area contributed by atoms with Gasteiger partial charge in [0.15, 0.2) is 0 Å². The number of hydrogen-bond donors (Lipinski definition) is 2. The number of carbonyl (C=O) groups is 1. The quantitative estimate of drug-likeness (QED) is 0.324. The number of thiophene rings is 1. The van der Waals surface area contributed by atoms with Crippen molar-refractivity contribution in [2.75, 3.05) is 11.1 Å². The Kier molecular flexibility index (Phi) is 6.06. The number of halogens is 1. The maximum absolute atomic E-state index is 13.5. The molecule has 0 saturated heterocycles. The highest BCUT2D eigenvalue weighted by Crippen LogP contribution is 2.44. The topological polar surface area (TPSA) is 89.3 Å². The van der Waals surface area contributed by atoms with Crippen molar-refractivity contribution in [1.29, 1.82) is 0 Å². The predicted molar refractivity (Wildman–Crippen MR) is 130 cm³/mol. The predicted octanol–water partition coefficient (Wildman–Crippen LogP) is 6.10. The second-order valence-corrected chi connectivity index (χ2v) is 10.4. The minimum atomic E-state index is -3.99. The van der Waals surface area contributed by atoms with Gasteiger partial charge in [0, 0.05) is 16.3 Å². The first-order valence-electron chi connectivity index (χ1n) is 9.64. The van der Waals surface area contributed by atoms with Gasteiger partial charge in [0.05, 0.1) is 10.6 Å². The first-order valence-corrected chi connectivity index (χ1v) is 12.3. The molecule has 0 fully saturated rings. The maximum atomic E-state index is 13.5. The summed E-state index contributed by atoms with van der Waals surface area (Å²) in [5.41, 5.74) is 8.28. The number of para-hydroxylation sites is 1. The molecule has 1 heterocycles. The van der Waals surface area contributed by atoms with E-state index in [1.54, 1.807) is 42.5 Å². The third kappa shape index (κ3) is 4.14. The second-order valence-electron chi connectivity index (χ2n) is 7.10. The Morgan fingerprint density at radius 3 is 2.22 bits per heavy atom. The average Bonchev–Trinajstić information content (AvgIpc) is 3.12. The maximum Gasteiger partial charge on any atom is 0.211 e. The number of anilines is 3. The van der Waals surface area contributed by atoms with E-state index in [1.807, 2.05) is 31.2 Å². The molecule has 1 aromatic heterocycles. The van der Waals surface area contributed by atoms with Crippen LogP contribution in [0.1, 0.15) is 20.8 Å². The molecular formula is C24H19ClN2O3S2. The molecule has 5 nitrogen and oxygen atoms in total. The van der Waals surface area contributed by atoms with Gasteiger partial charge in [0.25, 0.3) is 0 Å². The van der Waals surface area contributed by atoms with Crippen LogP contribution in [-0.2, 0) is 9.84 Å². The van der Waals surface area contributed by atoms with Crippen LogP contribution in [-0.4, -0.2) is 14.2 Å². The number of sulfone groups is 1. The summed E-state index contributed by atoms with van der Waals surface area (Å²) >= 11 is 6.95. The van der Waals surface area contributed by atoms with Crippen molar-refractivity contribution in [3.63, 3.8) is 0 Å². The van der Waals surface area contributed by atoms with Gasteiger partial charge in [-0.25, -0.2) is 8.42 Å². The standard InChI is InChI=1S/C24H19ClN2O3S2/c1-15-7-5-6-10-19(15)27-24-23(32(29,30)18-8-3-2-4-9-18)20(26)22(31-24)21(28)16-11-13-17(25)14-12-16/h2-14,27H,26H2,1H3. The molecule has 0 bridgehead atoms. The molecule has 32 heavy (non-hydrogen) atoms. The first-order chi connectivity index (χ1) is 15.3. The SMILES string of the molecule is Cc1ccccc1Nc1sc(C(=O)c2ccc(Cl)cc2)c(N)c1S(=O)(=O)c1ccccc1. The van der Waals surface area contributed by atoms with Gasteiger partial charge >= 0.3 is 0 Å². The number of benzene rings is 3. The highest BCUT2D eigenvalue weighted by Gasteiger charge is 2.31. The monoisotopic (exact) mass is 482 g/mol. The van der Waals surface area contributed by atoms with E-state index in [9.17, 15) is 13.2 Å². The van der Waals surface area contributed by atoms with Crippen molar-refractivity contribution in [3.05, 3.63) is 99.9 Å². The molecule has 3 N–H and O–H groups in total. The summed E-state index contributed by atoms with van der Waals surface area (Å²) in [6.07, 6.45) is 0. The number of nitrogen functional groups attached to an aromatic ring is 1. The number of ketones is 1. The van der Waals surface area contributed by atoms with Gasteiger partial charge in [-0.2, -0.15) is 0 Å². The van der Waals surface area contributed by atoms with Crippen LogP contribution in [0.3, 0.4) is 0 Å². The molecule has 0 unspecified atom stereocenters. The van der Waals surface area contributed by atoms with E-state index >= 15 is 0 Å². The zero-order valence-corrected chi connectivity index (χ0v) is 19.4. The number of carbonyl (C=O) groups excluding carboxylic acids is 1. The van der Waals surface area contributed by atoms with Gasteiger partial charge in [0.1, 0.15) is 14.8 Å². The molecule has 0 amide bonds. The van der Waals surface area contributed by atoms with Gasteiger partial charge in [-0.3, -0.25) is 4.79 Å². The van der Waals surface area contributed by atoms with Crippen LogP contribution in [0.4, 0.5) is 16.4 Å². The molecule has 0 aliphatic heterocycles. The molecule has 3 aromatic carbocycles. The van der Waals surface area contributed by atoms with E-state index in [-0.39, 0.29) is 31.1 Å². The molecule has 0 saturated carbocycles. The fourth-order valence-electron chi connectivity index (χ4n) is 3.23. The first kappa shape index (κ1) is 22.1. The Balaban J connectivity index is 1.89. The lowest BCUT2D eigenvalue weighted by Gasteiger charge is -2.11. The summed E-state index contributed by atoms with van der Waals surface area (Å²) in [5.74, 6) is -0.369. The lowest BCUT2D eigenvalue weighted by molar-refractivity contribution is 0.104. The normalized spacial score (nSPS) is 11.3. The highest BCUT2D eigenvalue weighted by molar-refractivity contribution is 7.92. The fourth-order valence-corrected chi connectivity index (χ4v) is 6.30. The molecule has 0 spiro atoms. The van der Waals surface area contributed by atoms with E-state index in [1.165, 1.54) is 12.1 Å². The van der Waals surface area contributed by atoms with Crippen LogP contribution in [0.2, 0.25) is 5.02 Å². The summed E-state index contributed by atoms with van der Waals surface area (Å²) in [6, 6.07) is 21.9. The lowest BCUT2D eigenvalue weighted by atomic mass is 10.1. The molecule has 8 heteroatoms. The van der Waals surface area contributed by atoms with Crippen molar-refractivity contribution in [1.82, 2.24) is 0 Å². The Morgan fingerprint density at radius 1 is 0.938 bits per heavy atom. The minimum absolute atomic E-state index is 0.0742. The van der Waals surface area contributed by atoms with Crippen LogP contribution >= 0.6 is 22.9 Å². The number of aryl methyl sites for hydroxylation is 1. The molecule has 162 valence electrons. The van der Waals surface area contributed by atoms with Crippen LogP contribution in [0.15, 0.2) is 88.7 Å². The highest BCUT2D eigenvalue weighted by atomic mass is 35.5. The third-order valence-corrected chi connectivity index (χ3v) is 8.28. The Labute approximate surface area is 195 Å². The van der Waals surface area contributed by atoms with Gasteiger partial charge in [-0.1, -0.05) is 48.0 Å². The molecule has 0 aliphatic rings. The fraction of sp³-hybridized carbons (Fsp3) is 0.0417. The lowest BCUT2D eigenvalue weighted by Crippen LogP contribution is -2.08. The van der Waals surface area contributed by atoms with Crippen molar-refractivity contribution in [3.8, 4) is 0 Å². The molecule has 0 radical (unpaired) electrons. The van der Waals surface area contributed by atoms with Crippen molar-refractivity contribution in [2.45, 2.75) is 16.7 Å². The molecule has 4 aromatic rings. The van der Waals surface area contributed by atoms with E-state index in [0.29, 0.717) is 10.6 Å². The molecular weight excluding hydrogens is 464 g/mol.